The second-order valence-corrected chi connectivity index (χ2v) is 7.95. The lowest BCUT2D eigenvalue weighted by atomic mass is 10.2. The van der Waals surface area contributed by atoms with Crippen LogP contribution in [0.2, 0.25) is 0 Å². The van der Waals surface area contributed by atoms with Crippen LogP contribution in [0.15, 0.2) is 0 Å². The summed E-state index contributed by atoms with van der Waals surface area (Å²) in [5, 5.41) is 0. The van der Waals surface area contributed by atoms with Gasteiger partial charge in [0.05, 0.1) is 13.2 Å². The van der Waals surface area contributed by atoms with E-state index in [0.29, 0.717) is 0 Å². The zero-order chi connectivity index (χ0) is 16.1. The van der Waals surface area contributed by atoms with Crippen LogP contribution in [-0.2, 0) is 18.3 Å². The normalized spacial score (nSPS) is 17.0. The van der Waals surface area contributed by atoms with Gasteiger partial charge in [-0.2, -0.15) is 0 Å². The van der Waals surface area contributed by atoms with E-state index in [2.05, 4.69) is 0 Å². The van der Waals surface area contributed by atoms with E-state index in [1.54, 1.807) is 34.6 Å². The molecule has 0 aromatic carbocycles. The molecule has 1 saturated carbocycles. The average Bonchev–Trinajstić information content (AvgIpc) is 2.80. The van der Waals surface area contributed by atoms with Crippen molar-refractivity contribution in [2.45, 2.75) is 71.9 Å². The minimum atomic E-state index is -3.66. The molecule has 1 aliphatic carbocycles. The van der Waals surface area contributed by atoms with E-state index in [4.69, 9.17) is 13.8 Å². The van der Waals surface area contributed by atoms with Crippen LogP contribution in [0.3, 0.4) is 0 Å². The second-order valence-electron chi connectivity index (χ2n) is 6.07. The first-order chi connectivity index (χ1) is 9.73. The van der Waals surface area contributed by atoms with Crippen molar-refractivity contribution < 1.29 is 23.1 Å². The fraction of sp³-hybridized carbons (Fsp3) is 0.929. The predicted octanol–water partition coefficient (Wildman–Crippen LogP) is 4.35. The van der Waals surface area contributed by atoms with E-state index in [1.807, 2.05) is 0 Å². The first-order valence-electron chi connectivity index (χ1n) is 7.65. The maximum atomic E-state index is 13.0. The Hall–Kier alpha value is -0.580. The van der Waals surface area contributed by atoms with E-state index in [0.717, 1.165) is 25.7 Å². The van der Waals surface area contributed by atoms with Crippen LogP contribution in [0, 0.1) is 0 Å². The third-order valence-corrected chi connectivity index (χ3v) is 5.29. The summed E-state index contributed by atoms with van der Waals surface area (Å²) in [5.74, 6) is 0. The number of carbonyl (C=O) groups excluding carboxylic acids is 1. The molecule has 1 amide bonds. The monoisotopic (exact) mass is 321 g/mol. The maximum absolute atomic E-state index is 13.0. The Morgan fingerprint density at radius 2 is 1.62 bits per heavy atom. The lowest BCUT2D eigenvalue weighted by Gasteiger charge is -2.35. The van der Waals surface area contributed by atoms with Crippen LogP contribution in [0.5, 0.6) is 0 Å². The van der Waals surface area contributed by atoms with Gasteiger partial charge < -0.3 is 4.74 Å². The topological polar surface area (TPSA) is 65.1 Å². The Morgan fingerprint density at radius 1 is 1.14 bits per heavy atom. The van der Waals surface area contributed by atoms with Crippen molar-refractivity contribution in [2.24, 2.45) is 0 Å². The van der Waals surface area contributed by atoms with Gasteiger partial charge in [-0.15, -0.1) is 0 Å². The van der Waals surface area contributed by atoms with Gasteiger partial charge in [0.2, 0.25) is 0 Å². The molecule has 1 rings (SSSR count). The van der Waals surface area contributed by atoms with Crippen molar-refractivity contribution in [1.82, 2.24) is 4.67 Å². The summed E-state index contributed by atoms with van der Waals surface area (Å²) in [7, 11) is -3.66. The molecule has 6 nitrogen and oxygen atoms in total. The van der Waals surface area contributed by atoms with Crippen molar-refractivity contribution in [3.8, 4) is 0 Å². The molecule has 0 radical (unpaired) electrons. The highest BCUT2D eigenvalue weighted by Crippen LogP contribution is 2.55. The van der Waals surface area contributed by atoms with Gasteiger partial charge in [0.25, 0.3) is 0 Å². The molecular weight excluding hydrogens is 293 g/mol. The van der Waals surface area contributed by atoms with Crippen molar-refractivity contribution in [3.63, 3.8) is 0 Å². The van der Waals surface area contributed by atoms with E-state index in [-0.39, 0.29) is 19.3 Å². The maximum Gasteiger partial charge on any atom is 0.440 e. The lowest BCUT2D eigenvalue weighted by molar-refractivity contribution is 0.0255. The fourth-order valence-corrected chi connectivity index (χ4v) is 4.24. The van der Waals surface area contributed by atoms with E-state index < -0.39 is 19.4 Å². The number of hydrogen-bond donors (Lipinski definition) is 0. The van der Waals surface area contributed by atoms with Crippen LogP contribution < -0.4 is 0 Å². The minimum Gasteiger partial charge on any atom is -0.443 e. The van der Waals surface area contributed by atoms with Gasteiger partial charge in [0.1, 0.15) is 5.60 Å². The molecule has 7 heteroatoms. The summed E-state index contributed by atoms with van der Waals surface area (Å²) < 4.78 is 30.3. The Morgan fingerprint density at radius 3 is 2.00 bits per heavy atom. The molecule has 0 bridgehead atoms. The van der Waals surface area contributed by atoms with Crippen LogP contribution in [-0.4, -0.2) is 35.6 Å². The molecule has 0 spiro atoms. The molecule has 0 aliphatic heterocycles. The third kappa shape index (κ3) is 5.28. The zero-order valence-corrected chi connectivity index (χ0v) is 14.7. The predicted molar refractivity (Wildman–Crippen MR) is 81.2 cm³/mol. The number of hydrogen-bond acceptors (Lipinski definition) is 5. The van der Waals surface area contributed by atoms with Gasteiger partial charge in [-0.25, -0.2) is 14.0 Å². The summed E-state index contributed by atoms with van der Waals surface area (Å²) in [4.78, 5) is 12.5. The molecule has 0 aromatic rings. The van der Waals surface area contributed by atoms with Crippen LogP contribution in [0.4, 0.5) is 4.79 Å². The molecule has 21 heavy (non-hydrogen) atoms. The molecule has 0 aromatic heterocycles. The molecule has 0 N–H and O–H groups in total. The molecule has 0 saturated heterocycles. The molecule has 0 heterocycles. The summed E-state index contributed by atoms with van der Waals surface area (Å²) in [6.07, 6.45) is 2.97. The Balaban J connectivity index is 3.04. The molecule has 124 valence electrons. The van der Waals surface area contributed by atoms with Gasteiger partial charge in [0, 0.05) is 6.04 Å². The highest BCUT2D eigenvalue weighted by atomic mass is 31.2. The molecular formula is C14H28NO5P. The average molecular weight is 321 g/mol. The minimum absolute atomic E-state index is 0.149. The third-order valence-electron chi connectivity index (χ3n) is 3.10. The summed E-state index contributed by atoms with van der Waals surface area (Å²) in [6.45, 7) is 9.23. The number of ether oxygens (including phenoxy) is 1. The van der Waals surface area contributed by atoms with E-state index >= 15 is 0 Å². The molecule has 0 atom stereocenters. The van der Waals surface area contributed by atoms with Crippen LogP contribution in [0.25, 0.3) is 0 Å². The van der Waals surface area contributed by atoms with Crippen molar-refractivity contribution in [2.75, 3.05) is 13.2 Å². The van der Waals surface area contributed by atoms with Crippen LogP contribution >= 0.6 is 7.75 Å². The Bertz CT molecular complexity index is 377. The lowest BCUT2D eigenvalue weighted by Crippen LogP contribution is -2.41. The van der Waals surface area contributed by atoms with E-state index in [1.165, 1.54) is 4.67 Å². The Kier molecular flexibility index (Phi) is 6.70. The highest BCUT2D eigenvalue weighted by Gasteiger charge is 2.45. The number of amides is 1. The first kappa shape index (κ1) is 18.5. The van der Waals surface area contributed by atoms with Crippen LogP contribution in [0.1, 0.15) is 60.3 Å². The number of carbonyl (C=O) groups is 1. The van der Waals surface area contributed by atoms with Gasteiger partial charge in [-0.1, -0.05) is 12.8 Å². The van der Waals surface area contributed by atoms with Gasteiger partial charge in [-0.05, 0) is 47.5 Å². The number of nitrogens with zero attached hydrogens (tertiary/aromatic N) is 1. The van der Waals surface area contributed by atoms with Crippen molar-refractivity contribution >= 4 is 13.8 Å². The largest absolute Gasteiger partial charge is 0.443 e. The summed E-state index contributed by atoms with van der Waals surface area (Å²) in [6, 6.07) is -0.149. The smallest absolute Gasteiger partial charge is 0.440 e. The van der Waals surface area contributed by atoms with Crippen molar-refractivity contribution in [3.05, 3.63) is 0 Å². The quantitative estimate of drug-likeness (QED) is 0.681. The highest BCUT2D eigenvalue weighted by molar-refractivity contribution is 7.52. The molecule has 0 unspecified atom stereocenters. The SMILES string of the molecule is CCOP(=O)(OCC)N(C(=O)OC(C)(C)C)C1CCCC1. The van der Waals surface area contributed by atoms with Crippen molar-refractivity contribution in [1.29, 1.82) is 0 Å². The van der Waals surface area contributed by atoms with Gasteiger partial charge in [-0.3, -0.25) is 9.05 Å². The van der Waals surface area contributed by atoms with Gasteiger partial charge in [0.15, 0.2) is 0 Å². The van der Waals surface area contributed by atoms with E-state index in [9.17, 15) is 9.36 Å². The second kappa shape index (κ2) is 7.61. The standard InChI is InChI=1S/C14H28NO5P/c1-6-18-21(17,19-7-2)15(12-10-8-9-11-12)13(16)20-14(3,4)5/h12H,6-11H2,1-5H3. The molecule has 1 aliphatic rings. The fourth-order valence-electron chi connectivity index (χ4n) is 2.39. The van der Waals surface area contributed by atoms with Gasteiger partial charge >= 0.3 is 13.8 Å². The zero-order valence-electron chi connectivity index (χ0n) is 13.8. The first-order valence-corrected chi connectivity index (χ1v) is 9.15. The summed E-state index contributed by atoms with van der Waals surface area (Å²) >= 11 is 0. The Labute approximate surface area is 127 Å². The number of rotatable bonds is 6. The summed E-state index contributed by atoms with van der Waals surface area (Å²) in [5.41, 5.74) is -0.656. The molecule has 1 fully saturated rings.